The lowest BCUT2D eigenvalue weighted by Gasteiger charge is -2.25. The number of aryl methyl sites for hydroxylation is 1. The van der Waals surface area contributed by atoms with E-state index in [1.807, 2.05) is 11.6 Å². The lowest BCUT2D eigenvalue weighted by Crippen LogP contribution is -2.47. The van der Waals surface area contributed by atoms with Gasteiger partial charge in [-0.15, -0.1) is 24.0 Å². The van der Waals surface area contributed by atoms with E-state index in [9.17, 15) is 13.2 Å². The fourth-order valence-electron chi connectivity index (χ4n) is 3.10. The third-order valence-electron chi connectivity index (χ3n) is 4.28. The normalized spacial score (nSPS) is 17.1. The molecule has 1 aliphatic heterocycles. The van der Waals surface area contributed by atoms with Gasteiger partial charge in [0, 0.05) is 32.7 Å². The van der Waals surface area contributed by atoms with Crippen molar-refractivity contribution in [3.63, 3.8) is 0 Å². The molecule has 1 atom stereocenters. The Morgan fingerprint density at radius 2 is 2.17 bits per heavy atom. The van der Waals surface area contributed by atoms with Gasteiger partial charge in [0.1, 0.15) is 12.4 Å². The molecule has 1 aromatic heterocycles. The molecule has 1 aliphatic rings. The van der Waals surface area contributed by atoms with E-state index in [4.69, 9.17) is 4.74 Å². The van der Waals surface area contributed by atoms with E-state index in [-0.39, 0.29) is 30.0 Å². The Kier molecular flexibility index (Phi) is 11.2. The molecule has 0 bridgehead atoms. The van der Waals surface area contributed by atoms with Gasteiger partial charge in [-0.05, 0) is 33.4 Å². The molecule has 1 unspecified atom stereocenters. The third-order valence-corrected chi connectivity index (χ3v) is 4.28. The zero-order valence-corrected chi connectivity index (χ0v) is 19.5. The number of hydrogen-bond donors (Lipinski definition) is 2. The van der Waals surface area contributed by atoms with Crippen LogP contribution in [-0.2, 0) is 24.3 Å². The number of aromatic nitrogens is 3. The predicted molar refractivity (Wildman–Crippen MR) is 116 cm³/mol. The number of aliphatic imine (C=N–C) groups is 1. The molecule has 0 saturated carbocycles. The topological polar surface area (TPSA) is 79.6 Å². The van der Waals surface area contributed by atoms with E-state index < -0.39 is 12.7 Å². The molecular weight excluding hydrogens is 502 g/mol. The summed E-state index contributed by atoms with van der Waals surface area (Å²) in [5.41, 5.74) is 0. The molecule has 0 spiro atoms. The van der Waals surface area contributed by atoms with Gasteiger partial charge >= 0.3 is 6.18 Å². The number of nitrogens with one attached hydrogen (secondary N) is 2. The molecule has 0 amide bonds. The number of halogens is 4. The lowest BCUT2D eigenvalue weighted by molar-refractivity contribution is -0.143. The quantitative estimate of drug-likeness (QED) is 0.218. The maximum atomic E-state index is 12.3. The van der Waals surface area contributed by atoms with Crippen molar-refractivity contribution in [1.29, 1.82) is 0 Å². The molecule has 0 saturated heterocycles. The van der Waals surface area contributed by atoms with Gasteiger partial charge in [0.15, 0.2) is 11.8 Å². The molecular formula is C17H31F3IN7O. The molecule has 0 aromatic carbocycles. The standard InChI is InChI=1S/C17H30F3N7O.HI/c1-4-21-16(22-8-5-9-26(2)12-17(18,19)20)23-13-6-7-15-24-14(11-28-3)25-27(15)10-13;/h13H,4-12H2,1-3H3,(H2,21,22,23);1H. The zero-order valence-electron chi connectivity index (χ0n) is 17.1. The minimum atomic E-state index is -4.17. The number of rotatable bonds is 9. The summed E-state index contributed by atoms with van der Waals surface area (Å²) in [6.07, 6.45) is -1.89. The summed E-state index contributed by atoms with van der Waals surface area (Å²) in [6, 6.07) is 0.162. The van der Waals surface area contributed by atoms with Crippen LogP contribution in [0.3, 0.4) is 0 Å². The predicted octanol–water partition coefficient (Wildman–Crippen LogP) is 1.80. The van der Waals surface area contributed by atoms with E-state index in [1.165, 1.54) is 11.9 Å². The van der Waals surface area contributed by atoms with Crippen LogP contribution in [-0.4, -0.2) is 78.2 Å². The highest BCUT2D eigenvalue weighted by Gasteiger charge is 2.28. The Bertz CT molecular complexity index is 639. The van der Waals surface area contributed by atoms with Gasteiger partial charge in [-0.3, -0.25) is 9.89 Å². The van der Waals surface area contributed by atoms with Crippen LogP contribution in [0, 0.1) is 0 Å². The third kappa shape index (κ3) is 9.47. The first-order valence-corrected chi connectivity index (χ1v) is 9.52. The average Bonchev–Trinajstić information content (AvgIpc) is 2.99. The van der Waals surface area contributed by atoms with E-state index >= 15 is 0 Å². The number of alkyl halides is 3. The van der Waals surface area contributed by atoms with E-state index in [1.54, 1.807) is 7.11 Å². The van der Waals surface area contributed by atoms with Crippen molar-refractivity contribution in [2.75, 3.05) is 40.3 Å². The number of fused-ring (bicyclic) bond motifs is 1. The van der Waals surface area contributed by atoms with Crippen LogP contribution in [0.25, 0.3) is 0 Å². The van der Waals surface area contributed by atoms with Gasteiger partial charge in [-0.25, -0.2) is 9.67 Å². The Morgan fingerprint density at radius 1 is 1.41 bits per heavy atom. The maximum absolute atomic E-state index is 12.3. The fourth-order valence-corrected chi connectivity index (χ4v) is 3.10. The van der Waals surface area contributed by atoms with E-state index in [0.717, 1.165) is 18.7 Å². The number of ether oxygens (including phenoxy) is 1. The van der Waals surface area contributed by atoms with Gasteiger partial charge in [0.2, 0.25) is 0 Å². The Labute approximate surface area is 186 Å². The van der Waals surface area contributed by atoms with Crippen molar-refractivity contribution in [3.05, 3.63) is 11.6 Å². The minimum Gasteiger partial charge on any atom is -0.377 e. The van der Waals surface area contributed by atoms with Crippen LogP contribution in [0.2, 0.25) is 0 Å². The molecule has 29 heavy (non-hydrogen) atoms. The smallest absolute Gasteiger partial charge is 0.377 e. The van der Waals surface area contributed by atoms with Gasteiger partial charge < -0.3 is 15.4 Å². The van der Waals surface area contributed by atoms with Gasteiger partial charge in [-0.1, -0.05) is 0 Å². The summed E-state index contributed by atoms with van der Waals surface area (Å²) in [4.78, 5) is 10.2. The fraction of sp³-hybridized carbons (Fsp3) is 0.824. The highest BCUT2D eigenvalue weighted by molar-refractivity contribution is 14.0. The maximum Gasteiger partial charge on any atom is 0.401 e. The van der Waals surface area contributed by atoms with Crippen LogP contribution in [0.4, 0.5) is 13.2 Å². The van der Waals surface area contributed by atoms with Gasteiger partial charge in [0.05, 0.1) is 13.1 Å². The molecule has 1 aromatic rings. The van der Waals surface area contributed by atoms with Crippen molar-refractivity contribution in [3.8, 4) is 0 Å². The Hall–Kier alpha value is -1.15. The molecule has 168 valence electrons. The number of nitrogens with zero attached hydrogens (tertiary/aromatic N) is 5. The first kappa shape index (κ1) is 25.9. The molecule has 12 heteroatoms. The number of methoxy groups -OCH3 is 1. The summed E-state index contributed by atoms with van der Waals surface area (Å²) in [7, 11) is 3.08. The molecule has 2 heterocycles. The molecule has 2 rings (SSSR count). The van der Waals surface area contributed by atoms with Crippen molar-refractivity contribution >= 4 is 29.9 Å². The number of hydrogen-bond acceptors (Lipinski definition) is 5. The molecule has 0 aliphatic carbocycles. The molecule has 0 radical (unpaired) electrons. The summed E-state index contributed by atoms with van der Waals surface area (Å²) in [6.45, 7) is 3.66. The molecule has 0 fully saturated rings. The highest BCUT2D eigenvalue weighted by atomic mass is 127. The second kappa shape index (κ2) is 12.5. The summed E-state index contributed by atoms with van der Waals surface area (Å²) >= 11 is 0. The molecule has 8 nitrogen and oxygen atoms in total. The summed E-state index contributed by atoms with van der Waals surface area (Å²) in [5, 5.41) is 11.0. The number of guanidine groups is 1. The SMILES string of the molecule is CCNC(=NCCCN(C)CC(F)(F)F)NC1CCc2nc(COC)nn2C1.I. The second-order valence-corrected chi connectivity index (χ2v) is 6.91. The minimum absolute atomic E-state index is 0. The highest BCUT2D eigenvalue weighted by Crippen LogP contribution is 2.15. The van der Waals surface area contributed by atoms with Crippen LogP contribution < -0.4 is 10.6 Å². The van der Waals surface area contributed by atoms with E-state index in [2.05, 4.69) is 25.7 Å². The average molecular weight is 533 g/mol. The van der Waals surface area contributed by atoms with Crippen molar-refractivity contribution in [2.24, 2.45) is 4.99 Å². The monoisotopic (exact) mass is 533 g/mol. The Morgan fingerprint density at radius 3 is 2.83 bits per heavy atom. The lowest BCUT2D eigenvalue weighted by atomic mass is 10.1. The molecule has 2 N–H and O–H groups in total. The zero-order chi connectivity index (χ0) is 20.6. The van der Waals surface area contributed by atoms with Crippen LogP contribution in [0.5, 0.6) is 0 Å². The second-order valence-electron chi connectivity index (χ2n) is 6.91. The first-order chi connectivity index (χ1) is 13.3. The first-order valence-electron chi connectivity index (χ1n) is 9.52. The Balaban J connectivity index is 0.00000420. The van der Waals surface area contributed by atoms with Crippen LogP contribution in [0.15, 0.2) is 4.99 Å². The van der Waals surface area contributed by atoms with Crippen LogP contribution in [0.1, 0.15) is 31.4 Å². The van der Waals surface area contributed by atoms with Crippen molar-refractivity contribution < 1.29 is 17.9 Å². The van der Waals surface area contributed by atoms with Crippen LogP contribution >= 0.6 is 24.0 Å². The van der Waals surface area contributed by atoms with Gasteiger partial charge in [-0.2, -0.15) is 18.3 Å². The largest absolute Gasteiger partial charge is 0.401 e. The van der Waals surface area contributed by atoms with Crippen molar-refractivity contribution in [2.45, 2.75) is 51.6 Å². The summed E-state index contributed by atoms with van der Waals surface area (Å²) in [5.74, 6) is 2.31. The van der Waals surface area contributed by atoms with Gasteiger partial charge in [0.25, 0.3) is 0 Å². The van der Waals surface area contributed by atoms with Crippen molar-refractivity contribution in [1.82, 2.24) is 30.3 Å². The van der Waals surface area contributed by atoms with E-state index in [0.29, 0.717) is 51.0 Å². The summed E-state index contributed by atoms with van der Waals surface area (Å²) < 4.78 is 44.0.